The molecule has 1 aliphatic heterocycles. The Morgan fingerprint density at radius 2 is 1.96 bits per heavy atom. The van der Waals surface area contributed by atoms with Gasteiger partial charge in [-0.05, 0) is 25.0 Å². The summed E-state index contributed by atoms with van der Waals surface area (Å²) in [6.07, 6.45) is 1.73. The number of nitro groups is 1. The van der Waals surface area contributed by atoms with E-state index >= 15 is 0 Å². The Balaban J connectivity index is 1.72. The number of rotatable bonds is 3. The van der Waals surface area contributed by atoms with Gasteiger partial charge in [0, 0.05) is 29.2 Å². The van der Waals surface area contributed by atoms with Gasteiger partial charge in [0.15, 0.2) is 0 Å². The second-order valence-corrected chi connectivity index (χ2v) is 7.36. The second kappa shape index (κ2) is 5.89. The molecule has 0 radical (unpaired) electrons. The average molecular weight is 331 g/mol. The molecule has 3 atom stereocenters. The van der Waals surface area contributed by atoms with E-state index in [1.54, 1.807) is 0 Å². The van der Waals surface area contributed by atoms with Gasteiger partial charge in [-0.3, -0.25) is 14.9 Å². The van der Waals surface area contributed by atoms with Gasteiger partial charge in [-0.15, -0.1) is 0 Å². The molecule has 7 heteroatoms. The third kappa shape index (κ3) is 2.98. The lowest BCUT2D eigenvalue weighted by atomic mass is 9.79. The smallest absolute Gasteiger partial charge is 0.269 e. The first-order valence-corrected chi connectivity index (χ1v) is 8.07. The number of amides is 1. The number of benzene rings is 1. The molecule has 1 aliphatic carbocycles. The maximum absolute atomic E-state index is 12.5. The van der Waals surface area contributed by atoms with Crippen LogP contribution < -0.4 is 5.32 Å². The van der Waals surface area contributed by atoms with Crippen molar-refractivity contribution in [3.05, 3.63) is 39.9 Å². The van der Waals surface area contributed by atoms with Crippen LogP contribution >= 0.6 is 0 Å². The van der Waals surface area contributed by atoms with Crippen LogP contribution in [0.2, 0.25) is 0 Å². The van der Waals surface area contributed by atoms with E-state index in [9.17, 15) is 14.9 Å². The van der Waals surface area contributed by atoms with Gasteiger partial charge in [-0.2, -0.15) is 0 Å². The van der Waals surface area contributed by atoms with E-state index in [-0.39, 0.29) is 35.1 Å². The molecule has 1 saturated carbocycles. The normalized spacial score (nSPS) is 25.6. The summed E-state index contributed by atoms with van der Waals surface area (Å²) in [6.45, 7) is 6.27. The zero-order valence-corrected chi connectivity index (χ0v) is 14.0. The van der Waals surface area contributed by atoms with Crippen molar-refractivity contribution in [2.75, 3.05) is 0 Å². The molecule has 1 aromatic rings. The number of oxime groups is 1. The highest BCUT2D eigenvalue weighted by Crippen LogP contribution is 2.40. The number of carbonyl (C=O) groups is 1. The summed E-state index contributed by atoms with van der Waals surface area (Å²) in [5.74, 6) is -0.136. The molecule has 3 rings (SSSR count). The zero-order valence-electron chi connectivity index (χ0n) is 14.0. The van der Waals surface area contributed by atoms with Crippen molar-refractivity contribution in [2.24, 2.45) is 16.5 Å². The van der Waals surface area contributed by atoms with Crippen molar-refractivity contribution < 1.29 is 14.6 Å². The van der Waals surface area contributed by atoms with Gasteiger partial charge in [0.2, 0.25) is 0 Å². The highest BCUT2D eigenvalue weighted by atomic mass is 16.6. The molecule has 2 aliphatic rings. The predicted molar refractivity (Wildman–Crippen MR) is 88.8 cm³/mol. The van der Waals surface area contributed by atoms with Crippen molar-refractivity contribution in [2.45, 2.75) is 45.8 Å². The molecule has 0 saturated heterocycles. The van der Waals surface area contributed by atoms with E-state index < -0.39 is 4.92 Å². The van der Waals surface area contributed by atoms with E-state index in [4.69, 9.17) is 4.84 Å². The number of hydrogen-bond acceptors (Lipinski definition) is 5. The number of hydrogen-bond donors (Lipinski definition) is 1. The van der Waals surface area contributed by atoms with Gasteiger partial charge in [-0.1, -0.05) is 25.9 Å². The molecular weight excluding hydrogens is 310 g/mol. The molecule has 0 unspecified atom stereocenters. The average Bonchev–Trinajstić information content (AvgIpc) is 3.09. The maximum atomic E-state index is 12.5. The number of nitro benzene ring substituents is 1. The van der Waals surface area contributed by atoms with Crippen LogP contribution in [0.3, 0.4) is 0 Å². The molecule has 128 valence electrons. The first-order chi connectivity index (χ1) is 11.3. The third-order valence-corrected chi connectivity index (χ3v) is 4.62. The summed E-state index contributed by atoms with van der Waals surface area (Å²) in [5, 5.41) is 18.0. The van der Waals surface area contributed by atoms with Crippen molar-refractivity contribution in [3.63, 3.8) is 0 Å². The fraction of sp³-hybridized carbons (Fsp3) is 0.529. The van der Waals surface area contributed by atoms with E-state index in [1.807, 2.05) is 0 Å². The topological polar surface area (TPSA) is 93.8 Å². The summed E-state index contributed by atoms with van der Waals surface area (Å²) in [4.78, 5) is 28.2. The molecule has 0 bridgehead atoms. The lowest BCUT2D eigenvalue weighted by molar-refractivity contribution is -0.384. The summed E-state index contributed by atoms with van der Waals surface area (Å²) in [5.41, 5.74) is 1.26. The molecular formula is C17H21N3O4. The molecule has 0 spiro atoms. The van der Waals surface area contributed by atoms with Gasteiger partial charge in [0.25, 0.3) is 11.6 Å². The standard InChI is InChI=1S/C17H21N3O4/c1-17(2,3)15-14-12(8-9-13(14)24-19-15)18-16(21)10-4-6-11(7-5-10)20(22)23/h4-7,12-14H,8-9H2,1-3H3,(H,18,21)/t12-,13-,14+/m0/s1. The van der Waals surface area contributed by atoms with Crippen LogP contribution in [0.1, 0.15) is 44.0 Å². The van der Waals surface area contributed by atoms with E-state index in [2.05, 4.69) is 31.2 Å². The number of nitrogens with one attached hydrogen (secondary N) is 1. The lowest BCUT2D eigenvalue weighted by Crippen LogP contribution is -2.44. The van der Waals surface area contributed by atoms with Crippen LogP contribution in [0.5, 0.6) is 0 Å². The Bertz CT molecular complexity index is 691. The first kappa shape index (κ1) is 16.4. The SMILES string of the molecule is CC(C)(C)C1=NO[C@H]2CC[C@H](NC(=O)c3ccc([N+](=O)[O-])cc3)[C@@H]12. The molecule has 1 amide bonds. The number of non-ortho nitro benzene ring substituents is 1. The number of carbonyl (C=O) groups excluding carboxylic acids is 1. The van der Waals surface area contributed by atoms with Crippen molar-refractivity contribution in [1.82, 2.24) is 5.32 Å². The van der Waals surface area contributed by atoms with E-state index in [1.165, 1.54) is 24.3 Å². The van der Waals surface area contributed by atoms with Gasteiger partial charge in [-0.25, -0.2) is 0 Å². The fourth-order valence-electron chi connectivity index (χ4n) is 3.42. The van der Waals surface area contributed by atoms with Crippen molar-refractivity contribution >= 4 is 17.3 Å². The minimum atomic E-state index is -0.481. The Morgan fingerprint density at radius 3 is 2.54 bits per heavy atom. The predicted octanol–water partition coefficient (Wildman–Crippen LogP) is 2.90. The lowest BCUT2D eigenvalue weighted by Gasteiger charge is -2.27. The monoisotopic (exact) mass is 331 g/mol. The van der Waals surface area contributed by atoms with Crippen LogP contribution in [-0.2, 0) is 4.84 Å². The van der Waals surface area contributed by atoms with Crippen LogP contribution in [0.25, 0.3) is 0 Å². The molecule has 1 heterocycles. The van der Waals surface area contributed by atoms with Gasteiger partial charge < -0.3 is 10.2 Å². The highest BCUT2D eigenvalue weighted by molar-refractivity contribution is 5.97. The van der Waals surface area contributed by atoms with Gasteiger partial charge >= 0.3 is 0 Å². The minimum absolute atomic E-state index is 0.0289. The molecule has 24 heavy (non-hydrogen) atoms. The minimum Gasteiger partial charge on any atom is -0.392 e. The maximum Gasteiger partial charge on any atom is 0.269 e. The van der Waals surface area contributed by atoms with Crippen LogP contribution in [0.4, 0.5) is 5.69 Å². The summed E-state index contributed by atoms with van der Waals surface area (Å²) >= 11 is 0. The van der Waals surface area contributed by atoms with Crippen LogP contribution in [0.15, 0.2) is 29.4 Å². The van der Waals surface area contributed by atoms with Crippen molar-refractivity contribution in [3.8, 4) is 0 Å². The fourth-order valence-corrected chi connectivity index (χ4v) is 3.42. The van der Waals surface area contributed by atoms with Gasteiger partial charge in [0.05, 0.1) is 16.6 Å². The highest BCUT2D eigenvalue weighted by Gasteiger charge is 2.48. The van der Waals surface area contributed by atoms with Gasteiger partial charge in [0.1, 0.15) is 6.10 Å². The molecule has 1 fully saturated rings. The Morgan fingerprint density at radius 1 is 1.29 bits per heavy atom. The van der Waals surface area contributed by atoms with E-state index in [0.717, 1.165) is 18.6 Å². The van der Waals surface area contributed by atoms with Crippen LogP contribution in [0, 0.1) is 21.4 Å². The number of fused-ring (bicyclic) bond motifs is 1. The first-order valence-electron chi connectivity index (χ1n) is 8.07. The zero-order chi connectivity index (χ0) is 17.5. The quantitative estimate of drug-likeness (QED) is 0.680. The number of nitrogens with zero attached hydrogens (tertiary/aromatic N) is 2. The molecule has 1 N–H and O–H groups in total. The summed E-state index contributed by atoms with van der Waals surface area (Å²) < 4.78 is 0. The largest absolute Gasteiger partial charge is 0.392 e. The molecule has 0 aromatic heterocycles. The Kier molecular flexibility index (Phi) is 4.03. The summed E-state index contributed by atoms with van der Waals surface area (Å²) in [6, 6.07) is 5.60. The Hall–Kier alpha value is -2.44. The third-order valence-electron chi connectivity index (χ3n) is 4.62. The molecule has 7 nitrogen and oxygen atoms in total. The van der Waals surface area contributed by atoms with E-state index in [0.29, 0.717) is 5.56 Å². The van der Waals surface area contributed by atoms with Crippen LogP contribution in [-0.4, -0.2) is 28.7 Å². The summed E-state index contributed by atoms with van der Waals surface area (Å²) in [7, 11) is 0. The Labute approximate surface area is 140 Å². The molecule has 1 aromatic carbocycles. The second-order valence-electron chi connectivity index (χ2n) is 7.36. The van der Waals surface area contributed by atoms with Crippen molar-refractivity contribution in [1.29, 1.82) is 0 Å².